The molecule has 1 N–H and O–H groups in total. The van der Waals surface area contributed by atoms with Crippen molar-refractivity contribution in [2.24, 2.45) is 5.41 Å². The van der Waals surface area contributed by atoms with Gasteiger partial charge in [0.05, 0.1) is 6.61 Å². The van der Waals surface area contributed by atoms with Gasteiger partial charge in [-0.05, 0) is 45.0 Å². The molecule has 2 heterocycles. The quantitative estimate of drug-likeness (QED) is 0.876. The highest BCUT2D eigenvalue weighted by atomic mass is 16.5. The fourth-order valence-corrected chi connectivity index (χ4v) is 3.13. The van der Waals surface area contributed by atoms with Gasteiger partial charge < -0.3 is 14.6 Å². The molecule has 0 aliphatic carbocycles. The van der Waals surface area contributed by atoms with Gasteiger partial charge in [-0.1, -0.05) is 13.8 Å². The van der Waals surface area contributed by atoms with Gasteiger partial charge in [0.2, 0.25) is 0 Å². The summed E-state index contributed by atoms with van der Waals surface area (Å²) in [4.78, 5) is 29.6. The number of carbonyl (C=O) groups is 2. The molecule has 1 aromatic heterocycles. The van der Waals surface area contributed by atoms with Crippen LogP contribution in [0.15, 0.2) is 24.3 Å². The maximum Gasteiger partial charge on any atom is 0.354 e. The molecule has 128 valence electrons. The topological polar surface area (TPSA) is 62.4 Å². The van der Waals surface area contributed by atoms with Crippen LogP contribution in [0.3, 0.4) is 0 Å². The fourth-order valence-electron chi connectivity index (χ4n) is 3.13. The van der Waals surface area contributed by atoms with E-state index in [4.69, 9.17) is 4.74 Å². The molecule has 2 aromatic rings. The summed E-state index contributed by atoms with van der Waals surface area (Å²) in [5, 5.41) is 0.835. The number of nitrogens with zero attached hydrogens (tertiary/aromatic N) is 1. The zero-order valence-corrected chi connectivity index (χ0v) is 14.9. The molecule has 1 amide bonds. The third-order valence-electron chi connectivity index (χ3n) is 5.49. The van der Waals surface area contributed by atoms with Crippen molar-refractivity contribution in [1.82, 2.24) is 9.88 Å². The molecule has 0 spiro atoms. The Morgan fingerprint density at radius 1 is 1.21 bits per heavy atom. The van der Waals surface area contributed by atoms with Crippen molar-refractivity contribution in [3.05, 3.63) is 35.5 Å². The number of aromatic amines is 1. The van der Waals surface area contributed by atoms with E-state index in [1.807, 2.05) is 17.0 Å². The summed E-state index contributed by atoms with van der Waals surface area (Å²) in [5.41, 5.74) is 1.80. The number of fused-ring (bicyclic) bond motifs is 1. The van der Waals surface area contributed by atoms with Gasteiger partial charge in [-0.3, -0.25) is 4.79 Å². The van der Waals surface area contributed by atoms with E-state index in [2.05, 4.69) is 32.7 Å². The average Bonchev–Trinajstić information content (AvgIpc) is 2.95. The molecule has 0 radical (unpaired) electrons. The molecule has 24 heavy (non-hydrogen) atoms. The highest BCUT2D eigenvalue weighted by molar-refractivity contribution is 6.01. The molecule has 0 saturated carbocycles. The van der Waals surface area contributed by atoms with Crippen LogP contribution in [0.2, 0.25) is 0 Å². The second-order valence-corrected chi connectivity index (χ2v) is 7.54. The molecule has 5 heteroatoms. The van der Waals surface area contributed by atoms with Crippen molar-refractivity contribution < 1.29 is 14.3 Å². The Labute approximate surface area is 142 Å². The lowest BCUT2D eigenvalue weighted by Crippen LogP contribution is -2.70. The lowest BCUT2D eigenvalue weighted by atomic mass is 9.65. The van der Waals surface area contributed by atoms with E-state index in [0.717, 1.165) is 17.4 Å². The van der Waals surface area contributed by atoms with E-state index < -0.39 is 0 Å². The summed E-state index contributed by atoms with van der Waals surface area (Å²) in [6.07, 6.45) is 0. The molecular weight excluding hydrogens is 304 g/mol. The maximum atomic E-state index is 12.8. The molecule has 3 rings (SSSR count). The van der Waals surface area contributed by atoms with Crippen LogP contribution in [-0.4, -0.2) is 40.5 Å². The van der Waals surface area contributed by atoms with Gasteiger partial charge in [-0.15, -0.1) is 0 Å². The van der Waals surface area contributed by atoms with Crippen molar-refractivity contribution in [3.63, 3.8) is 0 Å². The monoisotopic (exact) mass is 328 g/mol. The summed E-state index contributed by atoms with van der Waals surface area (Å²) in [5.74, 6) is -0.354. The highest BCUT2D eigenvalue weighted by Crippen LogP contribution is 2.46. The number of amides is 1. The molecule has 1 aliphatic rings. The Morgan fingerprint density at radius 3 is 2.50 bits per heavy atom. The van der Waals surface area contributed by atoms with Gasteiger partial charge in [0.1, 0.15) is 5.69 Å². The lowest BCUT2D eigenvalue weighted by molar-refractivity contribution is -0.0881. The van der Waals surface area contributed by atoms with E-state index in [9.17, 15) is 9.59 Å². The number of benzene rings is 1. The number of hydrogen-bond donors (Lipinski definition) is 1. The third kappa shape index (κ3) is 2.39. The normalized spacial score (nSPS) is 18.3. The van der Waals surface area contributed by atoms with E-state index in [1.165, 1.54) is 0 Å². The minimum atomic E-state index is -0.382. The smallest absolute Gasteiger partial charge is 0.354 e. The molecule has 1 aromatic carbocycles. The Bertz CT molecular complexity index is 817. The second kappa shape index (κ2) is 5.36. The number of likely N-dealkylation sites (tertiary alicyclic amines) is 1. The molecular formula is C19H24N2O3. The Morgan fingerprint density at radius 2 is 1.92 bits per heavy atom. The first-order valence-corrected chi connectivity index (χ1v) is 8.29. The predicted molar refractivity (Wildman–Crippen MR) is 93.2 cm³/mol. The standard InChI is InChI=1S/C19H24N2O3/c1-6-24-17(23)15-10-13-9-12(7-8-14(13)20-15)16(22)21-11-18(2,3)19(21,4)5/h7-10,20H,6,11H2,1-5H3. The predicted octanol–water partition coefficient (Wildman–Crippen LogP) is 3.61. The zero-order valence-electron chi connectivity index (χ0n) is 14.9. The number of aromatic nitrogens is 1. The van der Waals surface area contributed by atoms with Crippen LogP contribution in [0, 0.1) is 5.41 Å². The van der Waals surface area contributed by atoms with Crippen LogP contribution in [0.1, 0.15) is 55.5 Å². The second-order valence-electron chi connectivity index (χ2n) is 7.54. The number of rotatable bonds is 3. The molecule has 0 atom stereocenters. The first-order chi connectivity index (χ1) is 11.2. The Balaban J connectivity index is 1.89. The van der Waals surface area contributed by atoms with Gasteiger partial charge in [0.25, 0.3) is 5.91 Å². The minimum Gasteiger partial charge on any atom is -0.461 e. The van der Waals surface area contributed by atoms with Crippen LogP contribution in [0.4, 0.5) is 0 Å². The van der Waals surface area contributed by atoms with E-state index in [-0.39, 0.29) is 22.8 Å². The van der Waals surface area contributed by atoms with Crippen LogP contribution in [0.5, 0.6) is 0 Å². The summed E-state index contributed by atoms with van der Waals surface area (Å²) in [6.45, 7) is 11.4. The first kappa shape index (κ1) is 16.6. The van der Waals surface area contributed by atoms with Crippen molar-refractivity contribution in [3.8, 4) is 0 Å². The number of hydrogen-bond acceptors (Lipinski definition) is 3. The summed E-state index contributed by atoms with van der Waals surface area (Å²) >= 11 is 0. The molecule has 5 nitrogen and oxygen atoms in total. The van der Waals surface area contributed by atoms with Crippen molar-refractivity contribution in [2.75, 3.05) is 13.2 Å². The van der Waals surface area contributed by atoms with Gasteiger partial charge in [-0.25, -0.2) is 4.79 Å². The maximum absolute atomic E-state index is 12.8. The Hall–Kier alpha value is -2.30. The van der Waals surface area contributed by atoms with Gasteiger partial charge >= 0.3 is 5.97 Å². The van der Waals surface area contributed by atoms with Crippen LogP contribution in [0.25, 0.3) is 10.9 Å². The van der Waals surface area contributed by atoms with Crippen LogP contribution >= 0.6 is 0 Å². The third-order valence-corrected chi connectivity index (χ3v) is 5.49. The number of esters is 1. The number of H-pyrrole nitrogens is 1. The zero-order chi connectivity index (χ0) is 17.7. The SMILES string of the molecule is CCOC(=O)c1cc2cc(C(=O)N3CC(C)(C)C3(C)C)ccc2[nH]1. The summed E-state index contributed by atoms with van der Waals surface area (Å²) < 4.78 is 5.00. The molecule has 1 fully saturated rings. The summed E-state index contributed by atoms with van der Waals surface area (Å²) in [6, 6.07) is 7.20. The molecule has 1 saturated heterocycles. The number of ether oxygens (including phenoxy) is 1. The largest absolute Gasteiger partial charge is 0.461 e. The fraction of sp³-hybridized carbons (Fsp3) is 0.474. The lowest BCUT2D eigenvalue weighted by Gasteiger charge is -2.61. The van der Waals surface area contributed by atoms with Gasteiger partial charge in [0, 0.05) is 34.0 Å². The molecule has 0 bridgehead atoms. The van der Waals surface area contributed by atoms with Gasteiger partial charge in [0.15, 0.2) is 0 Å². The van der Waals surface area contributed by atoms with Crippen molar-refractivity contribution >= 4 is 22.8 Å². The van der Waals surface area contributed by atoms with E-state index in [1.54, 1.807) is 19.1 Å². The Kier molecular flexibility index (Phi) is 3.70. The van der Waals surface area contributed by atoms with Gasteiger partial charge in [-0.2, -0.15) is 0 Å². The van der Waals surface area contributed by atoms with Crippen molar-refractivity contribution in [1.29, 1.82) is 0 Å². The number of nitrogens with one attached hydrogen (secondary N) is 1. The molecule has 0 unspecified atom stereocenters. The van der Waals surface area contributed by atoms with Crippen molar-refractivity contribution in [2.45, 2.75) is 40.2 Å². The van der Waals surface area contributed by atoms with Crippen LogP contribution in [-0.2, 0) is 4.74 Å². The summed E-state index contributed by atoms with van der Waals surface area (Å²) in [7, 11) is 0. The average molecular weight is 328 g/mol. The number of carbonyl (C=O) groups excluding carboxylic acids is 2. The highest BCUT2D eigenvalue weighted by Gasteiger charge is 2.54. The van der Waals surface area contributed by atoms with Crippen LogP contribution < -0.4 is 0 Å². The van der Waals surface area contributed by atoms with E-state index >= 15 is 0 Å². The minimum absolute atomic E-state index is 0.0279. The molecule has 1 aliphatic heterocycles. The van der Waals surface area contributed by atoms with E-state index in [0.29, 0.717) is 17.9 Å². The first-order valence-electron chi connectivity index (χ1n) is 8.29.